The SMILES string of the molecule is CN(Cc1cc(Br)cs1)S(=O)(=O)c1cc(CCl)sc1Br. The molecule has 0 amide bonds. The summed E-state index contributed by atoms with van der Waals surface area (Å²) >= 11 is 15.3. The van der Waals surface area contributed by atoms with Gasteiger partial charge in [-0.2, -0.15) is 4.31 Å². The van der Waals surface area contributed by atoms with Crippen molar-refractivity contribution in [3.05, 3.63) is 35.5 Å². The lowest BCUT2D eigenvalue weighted by atomic mass is 10.5. The molecule has 0 aliphatic rings. The van der Waals surface area contributed by atoms with Gasteiger partial charge in [-0.25, -0.2) is 8.42 Å². The highest BCUT2D eigenvalue weighted by molar-refractivity contribution is 9.11. The molecule has 0 bridgehead atoms. The summed E-state index contributed by atoms with van der Waals surface area (Å²) in [4.78, 5) is 2.08. The molecule has 2 aromatic rings. The average molecular weight is 480 g/mol. The van der Waals surface area contributed by atoms with Gasteiger partial charge in [-0.05, 0) is 44.0 Å². The molecule has 0 atom stereocenters. The molecule has 3 nitrogen and oxygen atoms in total. The third-order valence-electron chi connectivity index (χ3n) is 2.53. The number of nitrogens with zero attached hydrogens (tertiary/aromatic N) is 1. The van der Waals surface area contributed by atoms with Crippen LogP contribution >= 0.6 is 66.1 Å². The van der Waals surface area contributed by atoms with Gasteiger partial charge in [-0.3, -0.25) is 0 Å². The summed E-state index contributed by atoms with van der Waals surface area (Å²) in [7, 11) is -1.94. The van der Waals surface area contributed by atoms with Crippen LogP contribution in [0.4, 0.5) is 0 Å². The second-order valence-corrected chi connectivity index (χ2v) is 10.6. The fraction of sp³-hybridized carbons (Fsp3) is 0.273. The minimum Gasteiger partial charge on any atom is -0.207 e. The molecule has 0 saturated heterocycles. The average Bonchev–Trinajstić information content (AvgIpc) is 2.95. The van der Waals surface area contributed by atoms with Crippen molar-refractivity contribution in [2.45, 2.75) is 17.3 Å². The maximum atomic E-state index is 12.5. The van der Waals surface area contributed by atoms with Crippen molar-refractivity contribution >= 4 is 76.2 Å². The number of hydrogen-bond donors (Lipinski definition) is 0. The topological polar surface area (TPSA) is 37.4 Å². The summed E-state index contributed by atoms with van der Waals surface area (Å²) < 4.78 is 28.0. The predicted molar refractivity (Wildman–Crippen MR) is 92.2 cm³/mol. The summed E-state index contributed by atoms with van der Waals surface area (Å²) in [5, 5.41) is 1.93. The maximum Gasteiger partial charge on any atom is 0.245 e. The quantitative estimate of drug-likeness (QED) is 0.573. The summed E-state index contributed by atoms with van der Waals surface area (Å²) in [5.41, 5.74) is 0. The van der Waals surface area contributed by atoms with Gasteiger partial charge in [0, 0.05) is 33.2 Å². The van der Waals surface area contributed by atoms with Crippen LogP contribution in [-0.2, 0) is 22.4 Å². The fourth-order valence-electron chi connectivity index (χ4n) is 1.55. The molecule has 2 aromatic heterocycles. The second-order valence-electron chi connectivity index (χ2n) is 3.98. The molecule has 2 heterocycles. The third kappa shape index (κ3) is 3.66. The van der Waals surface area contributed by atoms with Crippen LogP contribution in [0.3, 0.4) is 0 Å². The zero-order valence-corrected chi connectivity index (χ0v) is 16.6. The first-order valence-corrected chi connectivity index (χ1v) is 10.6. The first kappa shape index (κ1) is 16.9. The van der Waals surface area contributed by atoms with Crippen LogP contribution in [0.2, 0.25) is 0 Å². The molecule has 0 spiro atoms. The minimum absolute atomic E-state index is 0.274. The van der Waals surface area contributed by atoms with Crippen molar-refractivity contribution in [1.29, 1.82) is 0 Å². The van der Waals surface area contributed by atoms with Crippen molar-refractivity contribution in [2.24, 2.45) is 0 Å². The Labute approximate surface area is 147 Å². The number of halogens is 3. The van der Waals surface area contributed by atoms with Crippen molar-refractivity contribution in [3.8, 4) is 0 Å². The molecule has 110 valence electrons. The van der Waals surface area contributed by atoms with Gasteiger partial charge in [0.1, 0.15) is 4.90 Å². The van der Waals surface area contributed by atoms with Gasteiger partial charge in [0.05, 0.1) is 9.67 Å². The predicted octanol–water partition coefficient (Wildman–Crippen LogP) is 4.89. The van der Waals surface area contributed by atoms with Crippen molar-refractivity contribution < 1.29 is 8.42 Å². The zero-order valence-electron chi connectivity index (χ0n) is 10.3. The van der Waals surface area contributed by atoms with E-state index in [0.717, 1.165) is 14.2 Å². The summed E-state index contributed by atoms with van der Waals surface area (Å²) in [6.07, 6.45) is 0. The Balaban J connectivity index is 2.26. The maximum absolute atomic E-state index is 12.5. The molecular formula is C11H10Br2ClNO2S3. The van der Waals surface area contributed by atoms with Gasteiger partial charge in [0.25, 0.3) is 0 Å². The Bertz CT molecular complexity index is 711. The highest BCUT2D eigenvalue weighted by Crippen LogP contribution is 2.34. The Kier molecular flexibility index (Phi) is 5.72. The monoisotopic (exact) mass is 477 g/mol. The van der Waals surface area contributed by atoms with Crippen LogP contribution < -0.4 is 0 Å². The van der Waals surface area contributed by atoms with E-state index in [1.165, 1.54) is 27.0 Å². The zero-order chi connectivity index (χ0) is 14.9. The van der Waals surface area contributed by atoms with Gasteiger partial charge in [0.15, 0.2) is 0 Å². The molecule has 0 saturated carbocycles. The van der Waals surface area contributed by atoms with E-state index < -0.39 is 10.0 Å². The molecule has 0 aliphatic heterocycles. The smallest absolute Gasteiger partial charge is 0.207 e. The van der Waals surface area contributed by atoms with E-state index in [0.29, 0.717) is 16.2 Å². The molecule has 0 radical (unpaired) electrons. The van der Waals surface area contributed by atoms with E-state index in [2.05, 4.69) is 31.9 Å². The Morgan fingerprint density at radius 2 is 2.00 bits per heavy atom. The lowest BCUT2D eigenvalue weighted by Gasteiger charge is -2.15. The first-order valence-electron chi connectivity index (χ1n) is 5.38. The van der Waals surface area contributed by atoms with Crippen LogP contribution in [0.25, 0.3) is 0 Å². The number of rotatable bonds is 5. The van der Waals surface area contributed by atoms with Gasteiger partial charge in [-0.1, -0.05) is 0 Å². The largest absolute Gasteiger partial charge is 0.245 e. The normalized spacial score (nSPS) is 12.2. The number of thiophene rings is 2. The standard InChI is InChI=1S/C11H10Br2ClNO2S3/c1-15(5-9-2-7(12)6-18-9)20(16,17)10-3-8(4-14)19-11(10)13/h2-3,6H,4-5H2,1H3. The van der Waals surface area contributed by atoms with Crippen LogP contribution in [0.5, 0.6) is 0 Å². The number of hydrogen-bond acceptors (Lipinski definition) is 4. The van der Waals surface area contributed by atoms with Gasteiger partial charge in [0.2, 0.25) is 10.0 Å². The molecule has 0 aromatic carbocycles. The second kappa shape index (κ2) is 6.76. The lowest BCUT2D eigenvalue weighted by molar-refractivity contribution is 0.469. The van der Waals surface area contributed by atoms with E-state index in [1.807, 2.05) is 11.4 Å². The molecule has 0 N–H and O–H groups in total. The van der Waals surface area contributed by atoms with Crippen LogP contribution in [0, 0.1) is 0 Å². The van der Waals surface area contributed by atoms with E-state index in [-0.39, 0.29) is 4.90 Å². The van der Waals surface area contributed by atoms with Gasteiger partial charge < -0.3 is 0 Å². The van der Waals surface area contributed by atoms with Crippen molar-refractivity contribution in [3.63, 3.8) is 0 Å². The molecule has 0 fully saturated rings. The molecule has 0 unspecified atom stereocenters. The van der Waals surface area contributed by atoms with Crippen molar-refractivity contribution in [2.75, 3.05) is 7.05 Å². The molecular weight excluding hydrogens is 470 g/mol. The Morgan fingerprint density at radius 1 is 1.30 bits per heavy atom. The summed E-state index contributed by atoms with van der Waals surface area (Å²) in [6, 6.07) is 3.54. The van der Waals surface area contributed by atoms with E-state index >= 15 is 0 Å². The van der Waals surface area contributed by atoms with Crippen LogP contribution in [-0.4, -0.2) is 19.8 Å². The first-order chi connectivity index (χ1) is 9.34. The number of alkyl halides is 1. The van der Waals surface area contributed by atoms with Crippen molar-refractivity contribution in [1.82, 2.24) is 4.31 Å². The van der Waals surface area contributed by atoms with E-state index in [1.54, 1.807) is 13.1 Å². The molecule has 2 rings (SSSR count). The van der Waals surface area contributed by atoms with E-state index in [4.69, 9.17) is 11.6 Å². The summed E-state index contributed by atoms with van der Waals surface area (Å²) in [5.74, 6) is 0.306. The fourth-order valence-corrected chi connectivity index (χ4v) is 7.00. The Morgan fingerprint density at radius 3 is 2.50 bits per heavy atom. The van der Waals surface area contributed by atoms with Crippen LogP contribution in [0.15, 0.2) is 30.7 Å². The molecule has 0 aliphatic carbocycles. The summed E-state index contributed by atoms with van der Waals surface area (Å²) in [6.45, 7) is 0.344. The third-order valence-corrected chi connectivity index (χ3v) is 8.71. The number of sulfonamides is 1. The van der Waals surface area contributed by atoms with Crippen LogP contribution in [0.1, 0.15) is 9.75 Å². The highest BCUT2D eigenvalue weighted by Gasteiger charge is 2.26. The van der Waals surface area contributed by atoms with E-state index in [9.17, 15) is 8.42 Å². The molecule has 9 heteroatoms. The lowest BCUT2D eigenvalue weighted by Crippen LogP contribution is -2.26. The molecule has 20 heavy (non-hydrogen) atoms. The Hall–Kier alpha value is 0.560. The van der Waals surface area contributed by atoms with Gasteiger partial charge >= 0.3 is 0 Å². The highest BCUT2D eigenvalue weighted by atomic mass is 79.9. The van der Waals surface area contributed by atoms with Gasteiger partial charge in [-0.15, -0.1) is 34.3 Å². The minimum atomic E-state index is -3.52.